The molecule has 0 radical (unpaired) electrons. The molecule has 0 saturated carbocycles. The van der Waals surface area contributed by atoms with Crippen LogP contribution in [0.5, 0.6) is 0 Å². The maximum atomic E-state index is 15.1. The molecule has 2 saturated heterocycles. The number of piperazine rings is 1. The Hall–Kier alpha value is -4.45. The highest BCUT2D eigenvalue weighted by Gasteiger charge is 2.33. The average molecular weight is 538 g/mol. The van der Waals surface area contributed by atoms with Crippen LogP contribution in [0, 0.1) is 15.9 Å². The van der Waals surface area contributed by atoms with Crippen LogP contribution < -0.4 is 15.1 Å². The predicted molar refractivity (Wildman–Crippen MR) is 141 cm³/mol. The Kier molecular flexibility index (Phi) is 7.46. The van der Waals surface area contributed by atoms with Gasteiger partial charge in [0.05, 0.1) is 35.9 Å². The molecule has 2 aliphatic rings. The standard InChI is InChI=1S/C27H28FN5O6/c1-18(34)29-15-23-17-32(27(35)39-23)21-6-8-25(24(28)14-21)31-12-10-30(11-13-31)16-22-7-9-26(38-22)19-2-4-20(5-3-19)33(36)37/h2-9,14,23H,10-13,15-17H2,1H3,(H,29,34)/t23-/m0/s1. The topological polar surface area (TPSA) is 121 Å². The first-order valence-corrected chi connectivity index (χ1v) is 12.6. The third-order valence-corrected chi connectivity index (χ3v) is 6.81. The number of hydrogen-bond donors (Lipinski definition) is 1. The van der Waals surface area contributed by atoms with E-state index in [-0.39, 0.29) is 24.7 Å². The molecule has 2 amide bonds. The number of cyclic esters (lactones) is 1. The van der Waals surface area contributed by atoms with Gasteiger partial charge in [0, 0.05) is 50.8 Å². The van der Waals surface area contributed by atoms with Gasteiger partial charge in [-0.25, -0.2) is 9.18 Å². The van der Waals surface area contributed by atoms with E-state index in [1.165, 1.54) is 30.0 Å². The minimum atomic E-state index is -0.569. The summed E-state index contributed by atoms with van der Waals surface area (Å²) in [5, 5.41) is 13.5. The first-order valence-electron chi connectivity index (χ1n) is 12.6. The van der Waals surface area contributed by atoms with Gasteiger partial charge in [0.25, 0.3) is 5.69 Å². The van der Waals surface area contributed by atoms with Crippen molar-refractivity contribution < 1.29 is 28.1 Å². The summed E-state index contributed by atoms with van der Waals surface area (Å²) >= 11 is 0. The number of furan rings is 1. The lowest BCUT2D eigenvalue weighted by atomic mass is 10.1. The number of carbonyl (C=O) groups excluding carboxylic acids is 2. The number of amides is 2. The van der Waals surface area contributed by atoms with Crippen molar-refractivity contribution in [2.75, 3.05) is 49.1 Å². The van der Waals surface area contributed by atoms with Crippen molar-refractivity contribution in [3.8, 4) is 11.3 Å². The van der Waals surface area contributed by atoms with E-state index in [0.717, 1.165) is 11.3 Å². The highest BCUT2D eigenvalue weighted by molar-refractivity contribution is 5.90. The van der Waals surface area contributed by atoms with Crippen LogP contribution >= 0.6 is 0 Å². The third kappa shape index (κ3) is 6.01. The molecule has 11 nitrogen and oxygen atoms in total. The smallest absolute Gasteiger partial charge is 0.414 e. The fourth-order valence-corrected chi connectivity index (χ4v) is 4.75. The lowest BCUT2D eigenvalue weighted by molar-refractivity contribution is -0.384. The Morgan fingerprint density at radius 3 is 2.51 bits per heavy atom. The summed E-state index contributed by atoms with van der Waals surface area (Å²) in [6, 6.07) is 14.7. The number of non-ortho nitro benzene ring substituents is 1. The molecule has 0 bridgehead atoms. The Bertz CT molecular complexity index is 1370. The van der Waals surface area contributed by atoms with Crippen molar-refractivity contribution in [2.45, 2.75) is 19.6 Å². The van der Waals surface area contributed by atoms with E-state index in [1.807, 2.05) is 17.0 Å². The van der Waals surface area contributed by atoms with Crippen LogP contribution in [0.1, 0.15) is 12.7 Å². The van der Waals surface area contributed by atoms with Crippen molar-refractivity contribution in [3.63, 3.8) is 0 Å². The monoisotopic (exact) mass is 537 g/mol. The van der Waals surface area contributed by atoms with Gasteiger partial charge in [-0.2, -0.15) is 0 Å². The molecule has 1 aromatic heterocycles. The van der Waals surface area contributed by atoms with Crippen molar-refractivity contribution in [2.24, 2.45) is 0 Å². The van der Waals surface area contributed by atoms with Gasteiger partial charge >= 0.3 is 6.09 Å². The van der Waals surface area contributed by atoms with E-state index < -0.39 is 22.9 Å². The van der Waals surface area contributed by atoms with Gasteiger partial charge in [-0.05, 0) is 42.5 Å². The maximum absolute atomic E-state index is 15.1. The molecule has 3 aromatic rings. The SMILES string of the molecule is CC(=O)NC[C@H]1CN(c2ccc(N3CCN(Cc4ccc(-c5ccc([N+](=O)[O-])cc5)o4)CC3)c(F)c2)C(=O)O1. The van der Waals surface area contributed by atoms with Gasteiger partial charge in [-0.3, -0.25) is 24.7 Å². The van der Waals surface area contributed by atoms with Crippen molar-refractivity contribution in [1.82, 2.24) is 10.2 Å². The Morgan fingerprint density at radius 1 is 1.10 bits per heavy atom. The number of nitro benzene ring substituents is 1. The summed E-state index contributed by atoms with van der Waals surface area (Å²) in [6.07, 6.45) is -1.06. The summed E-state index contributed by atoms with van der Waals surface area (Å²) in [4.78, 5) is 39.3. The zero-order valence-electron chi connectivity index (χ0n) is 21.3. The molecule has 3 heterocycles. The van der Waals surface area contributed by atoms with E-state index in [0.29, 0.717) is 49.9 Å². The molecular weight excluding hydrogens is 509 g/mol. The molecule has 2 fully saturated rings. The molecule has 0 spiro atoms. The van der Waals surface area contributed by atoms with Gasteiger partial charge in [0.15, 0.2) is 0 Å². The lowest BCUT2D eigenvalue weighted by Crippen LogP contribution is -2.46. The Balaban J connectivity index is 1.15. The molecule has 0 aliphatic carbocycles. The number of rotatable bonds is 8. The Labute approximate surface area is 223 Å². The molecule has 5 rings (SSSR count). The second kappa shape index (κ2) is 11.1. The van der Waals surface area contributed by atoms with Crippen LogP contribution in [-0.4, -0.2) is 67.2 Å². The summed E-state index contributed by atoms with van der Waals surface area (Å²) < 4.78 is 26.3. The van der Waals surface area contributed by atoms with Crippen molar-refractivity contribution in [3.05, 3.63) is 76.3 Å². The van der Waals surface area contributed by atoms with E-state index in [9.17, 15) is 19.7 Å². The lowest BCUT2D eigenvalue weighted by Gasteiger charge is -2.36. The summed E-state index contributed by atoms with van der Waals surface area (Å²) in [6.45, 7) is 5.08. The minimum absolute atomic E-state index is 0.0281. The second-order valence-corrected chi connectivity index (χ2v) is 9.52. The second-order valence-electron chi connectivity index (χ2n) is 9.52. The minimum Gasteiger partial charge on any atom is -0.460 e. The summed E-state index contributed by atoms with van der Waals surface area (Å²) in [5.74, 6) is 0.791. The number of benzene rings is 2. The number of nitro groups is 1. The van der Waals surface area contributed by atoms with Crippen molar-refractivity contribution >= 4 is 29.1 Å². The average Bonchev–Trinajstić information content (AvgIpc) is 3.54. The first kappa shape index (κ1) is 26.2. The fraction of sp³-hybridized carbons (Fsp3) is 0.333. The zero-order valence-corrected chi connectivity index (χ0v) is 21.3. The van der Waals surface area contributed by atoms with E-state index in [1.54, 1.807) is 24.3 Å². The summed E-state index contributed by atoms with van der Waals surface area (Å²) in [5.41, 5.74) is 1.67. The van der Waals surface area contributed by atoms with Crippen LogP contribution in [0.3, 0.4) is 0 Å². The first-order chi connectivity index (χ1) is 18.8. The molecule has 1 atom stereocenters. The number of hydrogen-bond acceptors (Lipinski definition) is 8. The number of carbonyl (C=O) groups is 2. The highest BCUT2D eigenvalue weighted by atomic mass is 19.1. The summed E-state index contributed by atoms with van der Waals surface area (Å²) in [7, 11) is 0. The van der Waals surface area contributed by atoms with Crippen LogP contribution in [0.2, 0.25) is 0 Å². The molecule has 204 valence electrons. The maximum Gasteiger partial charge on any atom is 0.414 e. The number of nitrogens with zero attached hydrogens (tertiary/aromatic N) is 4. The number of ether oxygens (including phenoxy) is 1. The van der Waals surface area contributed by atoms with Crippen LogP contribution in [0.4, 0.5) is 26.2 Å². The van der Waals surface area contributed by atoms with Gasteiger partial charge in [0.1, 0.15) is 23.4 Å². The van der Waals surface area contributed by atoms with E-state index >= 15 is 4.39 Å². The van der Waals surface area contributed by atoms with Crippen LogP contribution in [0.15, 0.2) is 59.0 Å². The van der Waals surface area contributed by atoms with E-state index in [2.05, 4.69) is 10.2 Å². The third-order valence-electron chi connectivity index (χ3n) is 6.81. The van der Waals surface area contributed by atoms with Gasteiger partial charge in [-0.15, -0.1) is 0 Å². The normalized spacial score (nSPS) is 17.8. The molecule has 2 aromatic carbocycles. The highest BCUT2D eigenvalue weighted by Crippen LogP contribution is 2.29. The molecular formula is C27H28FN5O6. The molecule has 39 heavy (non-hydrogen) atoms. The molecule has 12 heteroatoms. The van der Waals surface area contributed by atoms with Crippen LogP contribution in [-0.2, 0) is 16.1 Å². The van der Waals surface area contributed by atoms with Crippen molar-refractivity contribution in [1.29, 1.82) is 0 Å². The van der Waals surface area contributed by atoms with E-state index in [4.69, 9.17) is 9.15 Å². The molecule has 1 N–H and O–H groups in total. The zero-order chi connectivity index (χ0) is 27.5. The van der Waals surface area contributed by atoms with Gasteiger partial charge < -0.3 is 19.4 Å². The number of nitrogens with one attached hydrogen (secondary N) is 1. The number of halogens is 1. The van der Waals surface area contributed by atoms with Gasteiger partial charge in [0.2, 0.25) is 5.91 Å². The van der Waals surface area contributed by atoms with Crippen LogP contribution in [0.25, 0.3) is 11.3 Å². The quantitative estimate of drug-likeness (QED) is 0.340. The Morgan fingerprint density at radius 2 is 1.85 bits per heavy atom. The predicted octanol–water partition coefficient (Wildman–Crippen LogP) is 3.78. The fourth-order valence-electron chi connectivity index (χ4n) is 4.75. The van der Waals surface area contributed by atoms with Gasteiger partial charge in [-0.1, -0.05) is 0 Å². The molecule has 0 unspecified atom stereocenters. The molecule has 2 aliphatic heterocycles. The largest absolute Gasteiger partial charge is 0.460 e. The number of anilines is 2.